The molecule has 142 valence electrons. The lowest BCUT2D eigenvalue weighted by atomic mass is 10.1. The van der Waals surface area contributed by atoms with Crippen molar-refractivity contribution in [3.05, 3.63) is 59.2 Å². The first-order valence-electron chi connectivity index (χ1n) is 8.40. The van der Waals surface area contributed by atoms with Crippen molar-refractivity contribution in [2.75, 3.05) is 25.5 Å². The minimum Gasteiger partial charge on any atom is -0.484 e. The van der Waals surface area contributed by atoms with E-state index in [1.54, 1.807) is 12.1 Å². The number of hydrogen-bond acceptors (Lipinski definition) is 4. The van der Waals surface area contributed by atoms with Crippen LogP contribution in [0.25, 0.3) is 0 Å². The Morgan fingerprint density at radius 3 is 2.19 bits per heavy atom. The maximum Gasteiger partial charge on any atom is 0.260 e. The van der Waals surface area contributed by atoms with Crippen LogP contribution in [0.15, 0.2) is 42.5 Å². The third-order valence-electron chi connectivity index (χ3n) is 4.05. The number of carbonyl (C=O) groups is 3. The van der Waals surface area contributed by atoms with E-state index in [9.17, 15) is 14.4 Å². The topological polar surface area (TPSA) is 102 Å². The molecule has 3 N–H and O–H groups in total. The lowest BCUT2D eigenvalue weighted by Crippen LogP contribution is -2.37. The Hall–Kier alpha value is -3.35. The van der Waals surface area contributed by atoms with Crippen LogP contribution < -0.4 is 15.8 Å². The molecule has 2 aromatic carbocycles. The van der Waals surface area contributed by atoms with E-state index in [0.717, 1.165) is 16.8 Å². The third-order valence-corrected chi connectivity index (χ3v) is 4.05. The summed E-state index contributed by atoms with van der Waals surface area (Å²) in [6, 6.07) is 11.9. The normalized spacial score (nSPS) is 10.2. The van der Waals surface area contributed by atoms with Crippen molar-refractivity contribution in [2.24, 2.45) is 5.73 Å². The maximum absolute atomic E-state index is 12.2. The van der Waals surface area contributed by atoms with Gasteiger partial charge in [0.15, 0.2) is 6.61 Å². The first-order valence-corrected chi connectivity index (χ1v) is 8.40. The molecule has 0 aliphatic carbocycles. The van der Waals surface area contributed by atoms with Crippen molar-refractivity contribution in [2.45, 2.75) is 13.8 Å². The van der Waals surface area contributed by atoms with Crippen LogP contribution in [0.4, 0.5) is 5.69 Å². The number of carbonyl (C=O) groups excluding carboxylic acids is 3. The van der Waals surface area contributed by atoms with Crippen LogP contribution in [0.2, 0.25) is 0 Å². The summed E-state index contributed by atoms with van der Waals surface area (Å²) in [4.78, 5) is 36.7. The van der Waals surface area contributed by atoms with Crippen molar-refractivity contribution in [1.29, 1.82) is 0 Å². The highest BCUT2D eigenvalue weighted by molar-refractivity contribution is 5.96. The Balaban J connectivity index is 1.86. The first-order chi connectivity index (χ1) is 12.8. The zero-order chi connectivity index (χ0) is 20.0. The highest BCUT2D eigenvalue weighted by Gasteiger charge is 2.15. The number of hydrogen-bond donors (Lipinski definition) is 2. The molecule has 2 aromatic rings. The van der Waals surface area contributed by atoms with E-state index in [1.165, 1.54) is 24.1 Å². The smallest absolute Gasteiger partial charge is 0.260 e. The minimum atomic E-state index is -0.535. The van der Waals surface area contributed by atoms with Crippen molar-refractivity contribution in [3.8, 4) is 5.75 Å². The molecule has 0 aliphatic rings. The van der Waals surface area contributed by atoms with Crippen LogP contribution in [0.3, 0.4) is 0 Å². The molecule has 0 aliphatic heterocycles. The SMILES string of the molecule is Cc1cccc(C)c1NC(=O)CN(C)C(=O)COc1ccc(C(N)=O)cc1. The molecular weight excluding hydrogens is 346 g/mol. The van der Waals surface area contributed by atoms with Gasteiger partial charge in [-0.15, -0.1) is 0 Å². The number of anilines is 1. The second-order valence-corrected chi connectivity index (χ2v) is 6.24. The number of likely N-dealkylation sites (N-methyl/N-ethyl adjacent to an activating group) is 1. The fourth-order valence-electron chi connectivity index (χ4n) is 2.46. The van der Waals surface area contributed by atoms with Gasteiger partial charge in [0.1, 0.15) is 5.75 Å². The van der Waals surface area contributed by atoms with Crippen LogP contribution in [-0.4, -0.2) is 42.8 Å². The lowest BCUT2D eigenvalue weighted by Gasteiger charge is -2.18. The molecule has 0 radical (unpaired) electrons. The predicted molar refractivity (Wildman–Crippen MR) is 103 cm³/mol. The molecule has 0 fully saturated rings. The fraction of sp³-hybridized carbons (Fsp3) is 0.250. The van der Waals surface area contributed by atoms with Crippen LogP contribution >= 0.6 is 0 Å². The molecule has 27 heavy (non-hydrogen) atoms. The number of primary amides is 1. The van der Waals surface area contributed by atoms with Gasteiger partial charge >= 0.3 is 0 Å². The fourth-order valence-corrected chi connectivity index (χ4v) is 2.46. The summed E-state index contributed by atoms with van der Waals surface area (Å²) >= 11 is 0. The molecule has 2 rings (SSSR count). The molecule has 0 atom stereocenters. The van der Waals surface area contributed by atoms with Gasteiger partial charge in [-0.25, -0.2) is 0 Å². The molecular formula is C20H23N3O4. The molecule has 7 nitrogen and oxygen atoms in total. The summed E-state index contributed by atoms with van der Waals surface area (Å²) in [5, 5.41) is 2.84. The number of aryl methyl sites for hydroxylation is 2. The minimum absolute atomic E-state index is 0.0867. The Bertz CT molecular complexity index is 827. The van der Waals surface area contributed by atoms with Crippen molar-refractivity contribution >= 4 is 23.4 Å². The standard InChI is InChI=1S/C20H23N3O4/c1-13-5-4-6-14(2)19(13)22-17(24)11-23(3)18(25)12-27-16-9-7-15(8-10-16)20(21)26/h4-10H,11-12H2,1-3H3,(H2,21,26)(H,22,24). The van der Waals surface area contributed by atoms with Crippen molar-refractivity contribution in [3.63, 3.8) is 0 Å². The van der Waals surface area contributed by atoms with E-state index in [-0.39, 0.29) is 25.0 Å². The van der Waals surface area contributed by atoms with Crippen LogP contribution in [0.5, 0.6) is 5.75 Å². The highest BCUT2D eigenvalue weighted by Crippen LogP contribution is 2.19. The van der Waals surface area contributed by atoms with Gasteiger partial charge in [-0.2, -0.15) is 0 Å². The third kappa shape index (κ3) is 5.57. The number of rotatable bonds is 7. The Kier molecular flexibility index (Phi) is 6.54. The summed E-state index contributed by atoms with van der Waals surface area (Å²) in [5.41, 5.74) is 8.20. The van der Waals surface area contributed by atoms with Gasteiger partial charge in [0.25, 0.3) is 5.91 Å². The number of benzene rings is 2. The number of nitrogens with zero attached hydrogens (tertiary/aromatic N) is 1. The second kappa shape index (κ2) is 8.84. The summed E-state index contributed by atoms with van der Waals surface area (Å²) in [7, 11) is 1.53. The van der Waals surface area contributed by atoms with Gasteiger partial charge in [-0.1, -0.05) is 18.2 Å². The summed E-state index contributed by atoms with van der Waals surface area (Å²) in [5.74, 6) is -0.728. The summed E-state index contributed by atoms with van der Waals surface area (Å²) in [6.07, 6.45) is 0. The Morgan fingerprint density at radius 1 is 1.04 bits per heavy atom. The van der Waals surface area contributed by atoms with E-state index < -0.39 is 5.91 Å². The van der Waals surface area contributed by atoms with Gasteiger partial charge in [-0.05, 0) is 49.2 Å². The molecule has 7 heteroatoms. The van der Waals surface area contributed by atoms with Crippen molar-refractivity contribution < 1.29 is 19.1 Å². The highest BCUT2D eigenvalue weighted by atomic mass is 16.5. The molecule has 3 amide bonds. The number of ether oxygens (including phenoxy) is 1. The second-order valence-electron chi connectivity index (χ2n) is 6.24. The van der Waals surface area contributed by atoms with Gasteiger partial charge in [0.2, 0.25) is 11.8 Å². The van der Waals surface area contributed by atoms with Crippen LogP contribution in [0, 0.1) is 13.8 Å². The molecule has 0 saturated carbocycles. The van der Waals surface area contributed by atoms with Gasteiger partial charge in [0.05, 0.1) is 6.54 Å². The van der Waals surface area contributed by atoms with E-state index in [0.29, 0.717) is 11.3 Å². The molecule has 0 bridgehead atoms. The Morgan fingerprint density at radius 2 is 1.63 bits per heavy atom. The van der Waals surface area contributed by atoms with Crippen LogP contribution in [0.1, 0.15) is 21.5 Å². The molecule has 0 heterocycles. The van der Waals surface area contributed by atoms with Crippen LogP contribution in [-0.2, 0) is 9.59 Å². The maximum atomic E-state index is 12.2. The van der Waals surface area contributed by atoms with Gasteiger partial charge in [-0.3, -0.25) is 14.4 Å². The average Bonchev–Trinajstić information content (AvgIpc) is 2.63. The molecule has 0 unspecified atom stereocenters. The first kappa shape index (κ1) is 20.0. The predicted octanol–water partition coefficient (Wildman–Crippen LogP) is 1.88. The number of nitrogens with one attached hydrogen (secondary N) is 1. The average molecular weight is 369 g/mol. The largest absolute Gasteiger partial charge is 0.484 e. The monoisotopic (exact) mass is 369 g/mol. The number of nitrogens with two attached hydrogens (primary N) is 1. The number of amides is 3. The van der Waals surface area contributed by atoms with E-state index in [1.807, 2.05) is 32.0 Å². The number of para-hydroxylation sites is 1. The van der Waals surface area contributed by atoms with Gasteiger partial charge in [0, 0.05) is 18.3 Å². The van der Waals surface area contributed by atoms with Crippen molar-refractivity contribution in [1.82, 2.24) is 4.90 Å². The molecule has 0 saturated heterocycles. The van der Waals surface area contributed by atoms with E-state index in [4.69, 9.17) is 10.5 Å². The summed E-state index contributed by atoms with van der Waals surface area (Å²) in [6.45, 7) is 3.52. The van der Waals surface area contributed by atoms with Gasteiger partial charge < -0.3 is 20.7 Å². The quantitative estimate of drug-likeness (QED) is 0.778. The zero-order valence-electron chi connectivity index (χ0n) is 15.6. The molecule has 0 spiro atoms. The van der Waals surface area contributed by atoms with E-state index in [2.05, 4.69) is 5.32 Å². The summed E-state index contributed by atoms with van der Waals surface area (Å²) < 4.78 is 5.39. The zero-order valence-corrected chi connectivity index (χ0v) is 15.6. The molecule has 0 aromatic heterocycles. The Labute approximate surface area is 158 Å². The van der Waals surface area contributed by atoms with E-state index >= 15 is 0 Å². The lowest BCUT2D eigenvalue weighted by molar-refractivity contribution is -0.135.